The van der Waals surface area contributed by atoms with Gasteiger partial charge in [-0.05, 0) is 19.3 Å². The van der Waals surface area contributed by atoms with Crippen molar-refractivity contribution in [1.82, 2.24) is 10.2 Å². The molecule has 22 heavy (non-hydrogen) atoms. The van der Waals surface area contributed by atoms with Gasteiger partial charge in [-0.2, -0.15) is 0 Å². The van der Waals surface area contributed by atoms with Crippen LogP contribution in [-0.2, 0) is 14.4 Å². The number of nitrogens with two attached hydrogens (primary N) is 2. The summed E-state index contributed by atoms with van der Waals surface area (Å²) >= 11 is 0. The van der Waals surface area contributed by atoms with Gasteiger partial charge in [0.15, 0.2) is 6.10 Å². The quantitative estimate of drug-likeness (QED) is 0.444. The minimum atomic E-state index is -1.43. The lowest BCUT2D eigenvalue weighted by atomic mass is 9.77. The molecule has 3 atom stereocenters. The van der Waals surface area contributed by atoms with Crippen LogP contribution in [0.1, 0.15) is 38.5 Å². The molecule has 2 rings (SSSR count). The highest BCUT2D eigenvalue weighted by Gasteiger charge is 2.45. The maximum absolute atomic E-state index is 12.5. The van der Waals surface area contributed by atoms with Gasteiger partial charge >= 0.3 is 0 Å². The van der Waals surface area contributed by atoms with Crippen molar-refractivity contribution in [3.63, 3.8) is 0 Å². The van der Waals surface area contributed by atoms with E-state index in [4.69, 9.17) is 11.5 Å². The van der Waals surface area contributed by atoms with Crippen molar-refractivity contribution in [2.24, 2.45) is 11.5 Å². The summed E-state index contributed by atoms with van der Waals surface area (Å²) in [6.45, 7) is 0.326. The maximum atomic E-state index is 12.5. The van der Waals surface area contributed by atoms with E-state index in [1.54, 1.807) is 0 Å². The van der Waals surface area contributed by atoms with Gasteiger partial charge in [0.1, 0.15) is 6.04 Å². The van der Waals surface area contributed by atoms with Crippen LogP contribution < -0.4 is 16.8 Å². The van der Waals surface area contributed by atoms with E-state index in [9.17, 15) is 19.5 Å². The number of nitrogens with one attached hydrogen (secondary N) is 1. The smallest absolute Gasteiger partial charge is 0.248 e. The minimum absolute atomic E-state index is 0.246. The first-order valence-corrected chi connectivity index (χ1v) is 7.65. The van der Waals surface area contributed by atoms with E-state index >= 15 is 0 Å². The van der Waals surface area contributed by atoms with Crippen LogP contribution in [0.5, 0.6) is 0 Å². The van der Waals surface area contributed by atoms with Crippen LogP contribution in [0.4, 0.5) is 0 Å². The van der Waals surface area contributed by atoms with Crippen LogP contribution in [0, 0.1) is 0 Å². The van der Waals surface area contributed by atoms with Gasteiger partial charge in [0, 0.05) is 12.6 Å². The Kier molecular flexibility index (Phi) is 5.02. The topological polar surface area (TPSA) is 139 Å². The lowest BCUT2D eigenvalue weighted by Crippen LogP contribution is -2.63. The van der Waals surface area contributed by atoms with Gasteiger partial charge in [0.2, 0.25) is 18.2 Å². The molecule has 6 N–H and O–H groups in total. The standard InChI is InChI=1S/C14H24N4O4/c15-9-6-10(18(7-9)8-19)13(22)17-14(11(20)12(16)21)4-2-1-3-5-14/h8-11,20H,1-7,15H2,(H2,16,21)(H,17,22). The van der Waals surface area contributed by atoms with Gasteiger partial charge < -0.3 is 26.8 Å². The molecule has 0 aromatic heterocycles. The largest absolute Gasteiger partial charge is 0.381 e. The number of aliphatic hydroxyl groups excluding tert-OH is 1. The summed E-state index contributed by atoms with van der Waals surface area (Å²) in [5, 5.41) is 13.0. The van der Waals surface area contributed by atoms with Crippen molar-refractivity contribution in [3.05, 3.63) is 0 Å². The van der Waals surface area contributed by atoms with E-state index in [0.717, 1.165) is 19.3 Å². The molecule has 3 unspecified atom stereocenters. The molecule has 1 aliphatic carbocycles. The van der Waals surface area contributed by atoms with Gasteiger partial charge in [-0.3, -0.25) is 14.4 Å². The van der Waals surface area contributed by atoms with E-state index in [0.29, 0.717) is 32.2 Å². The summed E-state index contributed by atoms with van der Waals surface area (Å²) in [6, 6.07) is -0.907. The second-order valence-corrected chi connectivity index (χ2v) is 6.32. The lowest BCUT2D eigenvalue weighted by Gasteiger charge is -2.41. The Balaban J connectivity index is 2.14. The third kappa shape index (κ3) is 3.22. The Morgan fingerprint density at radius 2 is 1.95 bits per heavy atom. The summed E-state index contributed by atoms with van der Waals surface area (Å²) < 4.78 is 0. The fourth-order valence-corrected chi connectivity index (χ4v) is 3.52. The van der Waals surface area contributed by atoms with Crippen LogP contribution in [-0.4, -0.2) is 58.5 Å². The third-order valence-electron chi connectivity index (χ3n) is 4.72. The number of hydrogen-bond donors (Lipinski definition) is 4. The highest BCUT2D eigenvalue weighted by atomic mass is 16.3. The van der Waals surface area contributed by atoms with Gasteiger partial charge in [-0.1, -0.05) is 19.3 Å². The number of hydrogen-bond acceptors (Lipinski definition) is 5. The average Bonchev–Trinajstić information content (AvgIpc) is 2.88. The molecule has 2 fully saturated rings. The Bertz CT molecular complexity index is 450. The molecule has 1 aliphatic heterocycles. The van der Waals surface area contributed by atoms with Crippen LogP contribution in [0.2, 0.25) is 0 Å². The monoisotopic (exact) mass is 312 g/mol. The highest BCUT2D eigenvalue weighted by Crippen LogP contribution is 2.32. The number of nitrogens with zero attached hydrogens (tertiary/aromatic N) is 1. The van der Waals surface area contributed by atoms with Crippen molar-refractivity contribution >= 4 is 18.2 Å². The first kappa shape index (κ1) is 16.7. The maximum Gasteiger partial charge on any atom is 0.248 e. The summed E-state index contributed by atoms with van der Waals surface area (Å²) in [7, 11) is 0. The van der Waals surface area contributed by atoms with Gasteiger partial charge in [-0.15, -0.1) is 0 Å². The molecule has 8 nitrogen and oxygen atoms in total. The normalized spacial score (nSPS) is 28.9. The Morgan fingerprint density at radius 3 is 2.50 bits per heavy atom. The third-order valence-corrected chi connectivity index (χ3v) is 4.72. The molecule has 1 saturated carbocycles. The predicted molar refractivity (Wildman–Crippen MR) is 78.3 cm³/mol. The molecule has 2 aliphatic rings. The Morgan fingerprint density at radius 1 is 1.32 bits per heavy atom. The van der Waals surface area contributed by atoms with E-state index in [-0.39, 0.29) is 11.9 Å². The van der Waals surface area contributed by atoms with Crippen molar-refractivity contribution < 1.29 is 19.5 Å². The van der Waals surface area contributed by atoms with Crippen molar-refractivity contribution in [1.29, 1.82) is 0 Å². The van der Waals surface area contributed by atoms with Crippen molar-refractivity contribution in [2.45, 2.75) is 62.3 Å². The summed E-state index contributed by atoms with van der Waals surface area (Å²) in [5.74, 6) is -1.24. The van der Waals surface area contributed by atoms with Gasteiger partial charge in [-0.25, -0.2) is 0 Å². The molecular formula is C14H24N4O4. The van der Waals surface area contributed by atoms with Crippen LogP contribution in [0.3, 0.4) is 0 Å². The molecular weight excluding hydrogens is 288 g/mol. The first-order chi connectivity index (χ1) is 10.4. The number of rotatable bonds is 5. The Hall–Kier alpha value is -1.67. The number of amides is 3. The molecule has 0 spiro atoms. The number of carbonyl (C=O) groups is 3. The molecule has 1 heterocycles. The zero-order valence-electron chi connectivity index (χ0n) is 12.5. The van der Waals surface area contributed by atoms with Gasteiger partial charge in [0.05, 0.1) is 5.54 Å². The molecule has 8 heteroatoms. The zero-order valence-corrected chi connectivity index (χ0v) is 12.5. The SMILES string of the molecule is NC(=O)C(O)C1(NC(=O)C2CC(N)CN2C=O)CCCCC1. The fraction of sp³-hybridized carbons (Fsp3) is 0.786. The summed E-state index contributed by atoms with van der Waals surface area (Å²) in [6.07, 6.45) is 3.10. The van der Waals surface area contributed by atoms with E-state index < -0.39 is 23.6 Å². The predicted octanol–water partition coefficient (Wildman–Crippen LogP) is -1.79. The second-order valence-electron chi connectivity index (χ2n) is 6.32. The van der Waals surface area contributed by atoms with Crippen molar-refractivity contribution in [2.75, 3.05) is 6.54 Å². The lowest BCUT2D eigenvalue weighted by molar-refractivity contribution is -0.138. The summed E-state index contributed by atoms with van der Waals surface area (Å²) in [5.41, 5.74) is 9.99. The fourth-order valence-electron chi connectivity index (χ4n) is 3.52. The summed E-state index contributed by atoms with van der Waals surface area (Å²) in [4.78, 5) is 36.3. The minimum Gasteiger partial charge on any atom is -0.381 e. The second kappa shape index (κ2) is 6.62. The van der Waals surface area contributed by atoms with Crippen LogP contribution >= 0.6 is 0 Å². The van der Waals surface area contributed by atoms with Crippen molar-refractivity contribution in [3.8, 4) is 0 Å². The average molecular weight is 312 g/mol. The van der Waals surface area contributed by atoms with E-state index in [2.05, 4.69) is 5.32 Å². The molecule has 3 amide bonds. The highest BCUT2D eigenvalue weighted by molar-refractivity contribution is 5.87. The molecule has 124 valence electrons. The molecule has 1 saturated heterocycles. The zero-order chi connectivity index (χ0) is 16.3. The van der Waals surface area contributed by atoms with E-state index in [1.807, 2.05) is 0 Å². The number of primary amides is 1. The van der Waals surface area contributed by atoms with Crippen LogP contribution in [0.15, 0.2) is 0 Å². The number of aliphatic hydroxyl groups is 1. The van der Waals surface area contributed by atoms with Crippen LogP contribution in [0.25, 0.3) is 0 Å². The molecule has 0 aromatic rings. The molecule has 0 aromatic carbocycles. The Labute approximate surface area is 129 Å². The number of likely N-dealkylation sites (tertiary alicyclic amines) is 1. The first-order valence-electron chi connectivity index (χ1n) is 7.65. The number of carbonyl (C=O) groups excluding carboxylic acids is 3. The van der Waals surface area contributed by atoms with Gasteiger partial charge in [0.25, 0.3) is 0 Å². The molecule has 0 radical (unpaired) electrons. The van der Waals surface area contributed by atoms with E-state index in [1.165, 1.54) is 4.90 Å². The molecule has 0 bridgehead atoms.